The number of carbonyl (C=O) groups is 1. The van der Waals surface area contributed by atoms with Crippen molar-refractivity contribution < 1.29 is 14.3 Å². The van der Waals surface area contributed by atoms with E-state index >= 15 is 0 Å². The Labute approximate surface area is 107 Å². The van der Waals surface area contributed by atoms with Crippen LogP contribution in [0.3, 0.4) is 0 Å². The van der Waals surface area contributed by atoms with Crippen LogP contribution >= 0.6 is 0 Å². The molecule has 0 heterocycles. The van der Waals surface area contributed by atoms with Gasteiger partial charge in [0, 0.05) is 32.9 Å². The summed E-state index contributed by atoms with van der Waals surface area (Å²) < 4.78 is 10.1. The van der Waals surface area contributed by atoms with Crippen molar-refractivity contribution in [1.82, 2.24) is 4.90 Å². The molecule has 0 atom stereocenters. The predicted octanol–water partition coefficient (Wildman–Crippen LogP) is 1.39. The summed E-state index contributed by atoms with van der Waals surface area (Å²) in [4.78, 5) is 13.8. The number of amides is 1. The molecule has 100 valence electrons. The number of methoxy groups -OCH3 is 2. The maximum Gasteiger partial charge on any atom is 0.253 e. The van der Waals surface area contributed by atoms with Crippen LogP contribution in [0.25, 0.3) is 0 Å². The maximum atomic E-state index is 12.1. The molecule has 0 aromatic heterocycles. The lowest BCUT2D eigenvalue weighted by molar-refractivity contribution is 0.0779. The summed E-state index contributed by atoms with van der Waals surface area (Å²) in [5, 5.41) is 0. The van der Waals surface area contributed by atoms with Gasteiger partial charge in [-0.2, -0.15) is 0 Å². The molecule has 0 aliphatic carbocycles. The van der Waals surface area contributed by atoms with E-state index in [1.165, 1.54) is 7.11 Å². The zero-order valence-corrected chi connectivity index (χ0v) is 11.1. The van der Waals surface area contributed by atoms with Crippen LogP contribution in [0.15, 0.2) is 18.2 Å². The molecule has 18 heavy (non-hydrogen) atoms. The summed E-state index contributed by atoms with van der Waals surface area (Å²) in [6, 6.07) is 5.03. The monoisotopic (exact) mass is 252 g/mol. The largest absolute Gasteiger partial charge is 0.495 e. The van der Waals surface area contributed by atoms with Crippen molar-refractivity contribution in [3.8, 4) is 5.75 Å². The van der Waals surface area contributed by atoms with Crippen molar-refractivity contribution >= 4 is 11.6 Å². The van der Waals surface area contributed by atoms with Crippen LogP contribution in [0.1, 0.15) is 16.8 Å². The molecule has 0 saturated heterocycles. The average molecular weight is 252 g/mol. The molecule has 2 N–H and O–H groups in total. The number of carbonyl (C=O) groups excluding carboxylic acids is 1. The van der Waals surface area contributed by atoms with Crippen molar-refractivity contribution in [2.45, 2.75) is 6.42 Å². The Morgan fingerprint density at radius 1 is 1.39 bits per heavy atom. The van der Waals surface area contributed by atoms with E-state index in [-0.39, 0.29) is 5.91 Å². The molecule has 0 aliphatic heterocycles. The molecule has 0 radical (unpaired) electrons. The highest BCUT2D eigenvalue weighted by atomic mass is 16.5. The second kappa shape index (κ2) is 6.86. The molecule has 1 aromatic rings. The van der Waals surface area contributed by atoms with Crippen LogP contribution < -0.4 is 10.5 Å². The lowest BCUT2D eigenvalue weighted by Crippen LogP contribution is -2.28. The summed E-state index contributed by atoms with van der Waals surface area (Å²) in [5.74, 6) is 0.468. The number of anilines is 1. The smallest absolute Gasteiger partial charge is 0.253 e. The quantitative estimate of drug-likeness (QED) is 0.613. The SMILES string of the molecule is COCCCN(C)C(=O)c1ccc(N)c(OC)c1. The van der Waals surface area contributed by atoms with Gasteiger partial charge >= 0.3 is 0 Å². The summed E-state index contributed by atoms with van der Waals surface area (Å²) in [6.07, 6.45) is 0.810. The van der Waals surface area contributed by atoms with Crippen molar-refractivity contribution in [1.29, 1.82) is 0 Å². The molecule has 5 heteroatoms. The Morgan fingerprint density at radius 2 is 2.11 bits per heavy atom. The molecule has 0 saturated carbocycles. The van der Waals surface area contributed by atoms with Gasteiger partial charge in [-0.15, -0.1) is 0 Å². The van der Waals surface area contributed by atoms with E-state index in [4.69, 9.17) is 15.2 Å². The van der Waals surface area contributed by atoms with Crippen LogP contribution in [0, 0.1) is 0 Å². The van der Waals surface area contributed by atoms with E-state index in [9.17, 15) is 4.79 Å². The van der Waals surface area contributed by atoms with E-state index in [1.54, 1.807) is 37.3 Å². The molecule has 1 aromatic carbocycles. The zero-order chi connectivity index (χ0) is 13.5. The average Bonchev–Trinajstić information content (AvgIpc) is 2.38. The molecule has 0 fully saturated rings. The van der Waals surface area contributed by atoms with Crippen molar-refractivity contribution in [3.63, 3.8) is 0 Å². The zero-order valence-electron chi connectivity index (χ0n) is 11.1. The number of hydrogen-bond acceptors (Lipinski definition) is 4. The van der Waals surface area contributed by atoms with Crippen LogP contribution in [0.5, 0.6) is 5.75 Å². The first kappa shape index (κ1) is 14.3. The molecular weight excluding hydrogens is 232 g/mol. The fourth-order valence-corrected chi connectivity index (χ4v) is 1.61. The number of benzene rings is 1. The van der Waals surface area contributed by atoms with Gasteiger partial charge in [0.1, 0.15) is 5.75 Å². The Bertz CT molecular complexity index is 407. The molecule has 0 bridgehead atoms. The summed E-state index contributed by atoms with van der Waals surface area (Å²) in [7, 11) is 4.94. The Morgan fingerprint density at radius 3 is 2.72 bits per heavy atom. The minimum Gasteiger partial charge on any atom is -0.495 e. The van der Waals surface area contributed by atoms with Gasteiger partial charge in [-0.25, -0.2) is 0 Å². The van der Waals surface area contributed by atoms with Crippen molar-refractivity contribution in [2.24, 2.45) is 0 Å². The third-order valence-corrected chi connectivity index (χ3v) is 2.67. The van der Waals surface area contributed by atoms with Crippen LogP contribution in [-0.4, -0.2) is 45.2 Å². The molecule has 0 aliphatic rings. The lowest BCUT2D eigenvalue weighted by atomic mass is 10.1. The number of nitrogens with two attached hydrogens (primary N) is 1. The fraction of sp³-hybridized carbons (Fsp3) is 0.462. The van der Waals surface area contributed by atoms with Gasteiger partial charge in [-0.1, -0.05) is 0 Å². The van der Waals surface area contributed by atoms with Gasteiger partial charge in [0.25, 0.3) is 5.91 Å². The van der Waals surface area contributed by atoms with Crippen LogP contribution in [0.2, 0.25) is 0 Å². The number of nitrogen functional groups attached to an aromatic ring is 1. The number of nitrogens with zero attached hydrogens (tertiary/aromatic N) is 1. The molecule has 0 spiro atoms. The van der Waals surface area contributed by atoms with Gasteiger partial charge in [0.05, 0.1) is 12.8 Å². The Hall–Kier alpha value is -1.75. The number of rotatable bonds is 6. The first-order chi connectivity index (χ1) is 8.60. The highest BCUT2D eigenvalue weighted by Gasteiger charge is 2.13. The first-order valence-corrected chi connectivity index (χ1v) is 5.78. The van der Waals surface area contributed by atoms with Crippen molar-refractivity contribution in [3.05, 3.63) is 23.8 Å². The summed E-state index contributed by atoms with van der Waals surface area (Å²) >= 11 is 0. The van der Waals surface area contributed by atoms with Crippen molar-refractivity contribution in [2.75, 3.05) is 40.2 Å². The standard InChI is InChI=1S/C13H20N2O3/c1-15(7-4-8-17-2)13(16)10-5-6-11(14)12(9-10)18-3/h5-6,9H,4,7-8,14H2,1-3H3. The summed E-state index contributed by atoms with van der Waals surface area (Å²) in [5.41, 5.74) is 6.80. The second-order valence-electron chi connectivity index (χ2n) is 4.03. The first-order valence-electron chi connectivity index (χ1n) is 5.78. The highest BCUT2D eigenvalue weighted by molar-refractivity contribution is 5.95. The second-order valence-corrected chi connectivity index (χ2v) is 4.03. The topological polar surface area (TPSA) is 64.8 Å². The molecule has 1 rings (SSSR count). The summed E-state index contributed by atoms with van der Waals surface area (Å²) in [6.45, 7) is 1.29. The van der Waals surface area contributed by atoms with Gasteiger partial charge < -0.3 is 20.1 Å². The molecular formula is C13H20N2O3. The van der Waals surface area contributed by atoms with E-state index in [0.717, 1.165) is 6.42 Å². The van der Waals surface area contributed by atoms with Gasteiger partial charge in [-0.3, -0.25) is 4.79 Å². The van der Waals surface area contributed by atoms with E-state index in [0.29, 0.717) is 30.2 Å². The molecule has 1 amide bonds. The minimum atomic E-state index is -0.0515. The molecule has 5 nitrogen and oxygen atoms in total. The molecule has 0 unspecified atom stereocenters. The van der Waals surface area contributed by atoms with Gasteiger partial charge in [0.15, 0.2) is 0 Å². The normalized spacial score (nSPS) is 10.2. The Balaban J connectivity index is 2.71. The fourth-order valence-electron chi connectivity index (χ4n) is 1.61. The van der Waals surface area contributed by atoms with Gasteiger partial charge in [-0.05, 0) is 24.6 Å². The minimum absolute atomic E-state index is 0.0515. The van der Waals surface area contributed by atoms with E-state index < -0.39 is 0 Å². The predicted molar refractivity (Wildman–Crippen MR) is 70.9 cm³/mol. The van der Waals surface area contributed by atoms with Crippen LogP contribution in [0.4, 0.5) is 5.69 Å². The van der Waals surface area contributed by atoms with E-state index in [1.807, 2.05) is 0 Å². The number of ether oxygens (including phenoxy) is 2. The Kier molecular flexibility index (Phi) is 5.45. The highest BCUT2D eigenvalue weighted by Crippen LogP contribution is 2.22. The number of hydrogen-bond donors (Lipinski definition) is 1. The lowest BCUT2D eigenvalue weighted by Gasteiger charge is -2.17. The maximum absolute atomic E-state index is 12.1. The van der Waals surface area contributed by atoms with E-state index in [2.05, 4.69) is 0 Å². The third-order valence-electron chi connectivity index (χ3n) is 2.67. The van der Waals surface area contributed by atoms with Gasteiger partial charge in [0.2, 0.25) is 0 Å². The third kappa shape index (κ3) is 3.63. The van der Waals surface area contributed by atoms with Crippen LogP contribution in [-0.2, 0) is 4.74 Å².